The number of carbonyl (C=O) groups is 1. The summed E-state index contributed by atoms with van der Waals surface area (Å²) in [5, 5.41) is 0.652. The number of rotatable bonds is 1. The summed E-state index contributed by atoms with van der Waals surface area (Å²) >= 11 is 9.39. The van der Waals surface area contributed by atoms with Crippen LogP contribution in [0.2, 0.25) is 5.02 Å². The van der Waals surface area contributed by atoms with Gasteiger partial charge in [0.15, 0.2) is 11.6 Å². The van der Waals surface area contributed by atoms with Crippen molar-refractivity contribution in [3.8, 4) is 11.4 Å². The van der Waals surface area contributed by atoms with Crippen molar-refractivity contribution in [2.24, 2.45) is 0 Å². The zero-order valence-electron chi connectivity index (χ0n) is 10.7. The van der Waals surface area contributed by atoms with E-state index in [0.29, 0.717) is 22.8 Å². The van der Waals surface area contributed by atoms with Crippen LogP contribution in [0.3, 0.4) is 0 Å². The smallest absolute Gasteiger partial charge is 0.166 e. The summed E-state index contributed by atoms with van der Waals surface area (Å²) in [5.74, 6) is 0.789. The molecule has 1 aromatic carbocycles. The standard InChI is InChI=1S/C15H12BrClN2O/c16-11-7-9(5-6-12(11)17)15-18-8-10-13(19-15)3-1-2-4-14(10)20/h5-8H,1-4H2. The molecule has 3 rings (SSSR count). The van der Waals surface area contributed by atoms with Crippen LogP contribution in [0.25, 0.3) is 11.4 Å². The minimum atomic E-state index is 0.154. The van der Waals surface area contributed by atoms with Crippen LogP contribution in [0, 0.1) is 0 Å². The molecule has 0 saturated carbocycles. The van der Waals surface area contributed by atoms with Gasteiger partial charge in [0, 0.05) is 22.7 Å². The molecule has 1 aromatic heterocycles. The molecule has 0 aliphatic heterocycles. The van der Waals surface area contributed by atoms with Gasteiger partial charge >= 0.3 is 0 Å². The maximum atomic E-state index is 11.9. The Morgan fingerprint density at radius 3 is 2.80 bits per heavy atom. The van der Waals surface area contributed by atoms with Crippen molar-refractivity contribution in [1.82, 2.24) is 9.97 Å². The molecule has 1 aliphatic rings. The van der Waals surface area contributed by atoms with E-state index in [1.165, 1.54) is 0 Å². The molecule has 0 fully saturated rings. The first-order valence-electron chi connectivity index (χ1n) is 6.49. The van der Waals surface area contributed by atoms with Gasteiger partial charge in [-0.25, -0.2) is 9.97 Å². The topological polar surface area (TPSA) is 42.9 Å². The fourth-order valence-corrected chi connectivity index (χ4v) is 2.82. The van der Waals surface area contributed by atoms with Crippen LogP contribution in [0.1, 0.15) is 35.3 Å². The van der Waals surface area contributed by atoms with Gasteiger partial charge in [-0.1, -0.05) is 11.6 Å². The molecule has 0 radical (unpaired) electrons. The highest BCUT2D eigenvalue weighted by molar-refractivity contribution is 9.10. The average Bonchev–Trinajstić information content (AvgIpc) is 2.63. The number of benzene rings is 1. The molecule has 0 unspecified atom stereocenters. The van der Waals surface area contributed by atoms with Crippen molar-refractivity contribution in [2.75, 3.05) is 0 Å². The summed E-state index contributed by atoms with van der Waals surface area (Å²) < 4.78 is 0.811. The lowest BCUT2D eigenvalue weighted by Gasteiger charge is -2.07. The molecule has 102 valence electrons. The summed E-state index contributed by atoms with van der Waals surface area (Å²) in [6, 6.07) is 5.58. The van der Waals surface area contributed by atoms with Crippen molar-refractivity contribution < 1.29 is 4.79 Å². The van der Waals surface area contributed by atoms with E-state index in [2.05, 4.69) is 25.9 Å². The Morgan fingerprint density at radius 2 is 2.00 bits per heavy atom. The van der Waals surface area contributed by atoms with Gasteiger partial charge in [0.25, 0.3) is 0 Å². The molecule has 20 heavy (non-hydrogen) atoms. The summed E-state index contributed by atoms with van der Waals surface area (Å²) in [4.78, 5) is 20.8. The fourth-order valence-electron chi connectivity index (χ4n) is 2.33. The predicted molar refractivity (Wildman–Crippen MR) is 82.1 cm³/mol. The van der Waals surface area contributed by atoms with Crippen LogP contribution in [0.15, 0.2) is 28.9 Å². The van der Waals surface area contributed by atoms with Crippen molar-refractivity contribution >= 4 is 33.3 Å². The maximum Gasteiger partial charge on any atom is 0.166 e. The quantitative estimate of drug-likeness (QED) is 0.712. The predicted octanol–water partition coefficient (Wildman–Crippen LogP) is 4.47. The number of ketones is 1. The van der Waals surface area contributed by atoms with Gasteiger partial charge < -0.3 is 0 Å². The van der Waals surface area contributed by atoms with E-state index in [-0.39, 0.29) is 5.78 Å². The fraction of sp³-hybridized carbons (Fsp3) is 0.267. The summed E-state index contributed by atoms with van der Waals surface area (Å²) in [6.45, 7) is 0. The second-order valence-electron chi connectivity index (χ2n) is 4.81. The van der Waals surface area contributed by atoms with Gasteiger partial charge in [-0.2, -0.15) is 0 Å². The molecule has 0 atom stereocenters. The van der Waals surface area contributed by atoms with E-state index >= 15 is 0 Å². The SMILES string of the molecule is O=C1CCCCc2nc(-c3ccc(Cl)c(Br)c3)ncc21. The molecule has 1 heterocycles. The van der Waals surface area contributed by atoms with Crippen molar-refractivity contribution in [3.63, 3.8) is 0 Å². The number of carbonyl (C=O) groups excluding carboxylic acids is 1. The average molecular weight is 352 g/mol. The van der Waals surface area contributed by atoms with Crippen LogP contribution in [-0.4, -0.2) is 15.8 Å². The number of hydrogen-bond donors (Lipinski definition) is 0. The molecule has 3 nitrogen and oxygen atoms in total. The molecule has 0 amide bonds. The Labute approximate surface area is 130 Å². The lowest BCUT2D eigenvalue weighted by atomic mass is 10.1. The first-order chi connectivity index (χ1) is 9.65. The van der Waals surface area contributed by atoms with Crippen LogP contribution in [0.4, 0.5) is 0 Å². The maximum absolute atomic E-state index is 11.9. The zero-order chi connectivity index (χ0) is 14.1. The number of halogens is 2. The third-order valence-electron chi connectivity index (χ3n) is 3.41. The molecular weight excluding hydrogens is 340 g/mol. The van der Waals surface area contributed by atoms with Crippen molar-refractivity contribution in [3.05, 3.63) is 45.1 Å². The molecule has 5 heteroatoms. The van der Waals surface area contributed by atoms with Gasteiger partial charge in [0.2, 0.25) is 0 Å². The molecule has 0 bridgehead atoms. The molecule has 2 aromatic rings. The summed E-state index contributed by atoms with van der Waals surface area (Å²) in [7, 11) is 0. The normalized spacial score (nSPS) is 14.8. The molecule has 0 saturated heterocycles. The first-order valence-corrected chi connectivity index (χ1v) is 7.67. The number of aromatic nitrogens is 2. The Kier molecular flexibility index (Phi) is 3.85. The molecule has 0 N–H and O–H groups in total. The minimum Gasteiger partial charge on any atom is -0.294 e. The molecule has 1 aliphatic carbocycles. The van der Waals surface area contributed by atoms with Gasteiger partial charge in [-0.15, -0.1) is 0 Å². The third kappa shape index (κ3) is 2.63. The Morgan fingerprint density at radius 1 is 1.20 bits per heavy atom. The van der Waals surface area contributed by atoms with Crippen molar-refractivity contribution in [2.45, 2.75) is 25.7 Å². The van der Waals surface area contributed by atoms with Gasteiger partial charge in [0.1, 0.15) is 0 Å². The van der Waals surface area contributed by atoms with E-state index in [1.807, 2.05) is 12.1 Å². The van der Waals surface area contributed by atoms with Crippen LogP contribution in [-0.2, 0) is 6.42 Å². The number of hydrogen-bond acceptors (Lipinski definition) is 3. The number of nitrogens with zero attached hydrogens (tertiary/aromatic N) is 2. The number of Topliss-reactive ketones (excluding diaryl/α,β-unsaturated/α-hetero) is 1. The zero-order valence-corrected chi connectivity index (χ0v) is 13.0. The highest BCUT2D eigenvalue weighted by atomic mass is 79.9. The Hall–Kier alpha value is -1.26. The Balaban J connectivity index is 2.05. The molecular formula is C15H12BrClN2O. The largest absolute Gasteiger partial charge is 0.294 e. The van der Waals surface area contributed by atoms with Crippen molar-refractivity contribution in [1.29, 1.82) is 0 Å². The van der Waals surface area contributed by atoms with E-state index in [9.17, 15) is 4.79 Å². The van der Waals surface area contributed by atoms with Gasteiger partial charge in [-0.3, -0.25) is 4.79 Å². The van der Waals surface area contributed by atoms with Crippen LogP contribution >= 0.6 is 27.5 Å². The first kappa shape index (κ1) is 13.7. The number of aryl methyl sites for hydroxylation is 1. The second-order valence-corrected chi connectivity index (χ2v) is 6.07. The van der Waals surface area contributed by atoms with E-state index in [4.69, 9.17) is 11.6 Å². The monoisotopic (exact) mass is 350 g/mol. The summed E-state index contributed by atoms with van der Waals surface area (Å²) in [5.41, 5.74) is 2.43. The second kappa shape index (κ2) is 5.62. The lowest BCUT2D eigenvalue weighted by Crippen LogP contribution is -2.05. The van der Waals surface area contributed by atoms with E-state index in [1.54, 1.807) is 12.3 Å². The lowest BCUT2D eigenvalue weighted by molar-refractivity contribution is 0.0981. The minimum absolute atomic E-state index is 0.154. The Bertz CT molecular complexity index is 688. The summed E-state index contributed by atoms with van der Waals surface area (Å²) in [6.07, 6.45) is 5.03. The highest BCUT2D eigenvalue weighted by Crippen LogP contribution is 2.28. The molecule has 0 spiro atoms. The van der Waals surface area contributed by atoms with Crippen LogP contribution < -0.4 is 0 Å². The van der Waals surface area contributed by atoms with Gasteiger partial charge in [0.05, 0.1) is 16.3 Å². The van der Waals surface area contributed by atoms with Crippen LogP contribution in [0.5, 0.6) is 0 Å². The van der Waals surface area contributed by atoms with E-state index in [0.717, 1.165) is 35.0 Å². The third-order valence-corrected chi connectivity index (χ3v) is 4.63. The highest BCUT2D eigenvalue weighted by Gasteiger charge is 2.18. The van der Waals surface area contributed by atoms with E-state index < -0.39 is 0 Å². The van der Waals surface area contributed by atoms with Gasteiger partial charge in [-0.05, 0) is 53.4 Å². The number of fused-ring (bicyclic) bond motifs is 1.